The number of nitrogens with zero attached hydrogens (tertiary/aromatic N) is 3. The van der Waals surface area contributed by atoms with Gasteiger partial charge in [0.15, 0.2) is 5.58 Å². The maximum Gasteiger partial charge on any atom is 0.151 e. The van der Waals surface area contributed by atoms with Crippen molar-refractivity contribution in [1.29, 1.82) is 0 Å². The van der Waals surface area contributed by atoms with Crippen LogP contribution in [0.2, 0.25) is 0 Å². The van der Waals surface area contributed by atoms with E-state index in [0.29, 0.717) is 13.0 Å². The molecule has 0 aliphatic carbocycles. The number of azide groups is 1. The third-order valence-corrected chi connectivity index (χ3v) is 3.03. The molecular weight excluding hydrogens is 250 g/mol. The molecule has 2 aromatic carbocycles. The highest BCUT2D eigenvalue weighted by atomic mass is 16.3. The Kier molecular flexibility index (Phi) is 3.28. The van der Waals surface area contributed by atoms with Gasteiger partial charge in [0.05, 0.1) is 5.56 Å². The summed E-state index contributed by atoms with van der Waals surface area (Å²) in [7, 11) is 0. The van der Waals surface area contributed by atoms with Crippen molar-refractivity contribution in [3.8, 4) is 11.8 Å². The summed E-state index contributed by atoms with van der Waals surface area (Å²) < 4.78 is 5.88. The summed E-state index contributed by atoms with van der Waals surface area (Å²) in [6, 6.07) is 13.9. The van der Waals surface area contributed by atoms with Crippen LogP contribution < -0.4 is 0 Å². The number of para-hydroxylation sites is 2. The Labute approximate surface area is 115 Å². The molecule has 0 spiro atoms. The van der Waals surface area contributed by atoms with Crippen LogP contribution in [0.5, 0.6) is 0 Å². The van der Waals surface area contributed by atoms with Gasteiger partial charge in [0, 0.05) is 28.6 Å². The Morgan fingerprint density at radius 1 is 1.10 bits per heavy atom. The Bertz CT molecular complexity index is 877. The Morgan fingerprint density at radius 3 is 2.85 bits per heavy atom. The van der Waals surface area contributed by atoms with E-state index in [1.165, 1.54) is 0 Å². The van der Waals surface area contributed by atoms with Gasteiger partial charge < -0.3 is 4.42 Å². The number of rotatable bonds is 2. The molecule has 0 saturated heterocycles. The summed E-state index contributed by atoms with van der Waals surface area (Å²) in [6.45, 7) is 0.388. The highest BCUT2D eigenvalue weighted by Gasteiger charge is 2.08. The van der Waals surface area contributed by atoms with Gasteiger partial charge in [0.2, 0.25) is 0 Å². The van der Waals surface area contributed by atoms with E-state index < -0.39 is 0 Å². The molecule has 4 nitrogen and oxygen atoms in total. The lowest BCUT2D eigenvalue weighted by Gasteiger charge is -1.92. The molecule has 0 saturated carbocycles. The van der Waals surface area contributed by atoms with Crippen LogP contribution in [0.4, 0.5) is 0 Å². The van der Waals surface area contributed by atoms with Crippen LogP contribution in [-0.2, 0) is 0 Å². The normalized spacial score (nSPS) is 10.0. The summed E-state index contributed by atoms with van der Waals surface area (Å²) in [5.41, 5.74) is 10.7. The molecule has 0 aliphatic rings. The van der Waals surface area contributed by atoms with Gasteiger partial charge in [0.1, 0.15) is 5.58 Å². The summed E-state index contributed by atoms with van der Waals surface area (Å²) in [5.74, 6) is 6.08. The number of hydrogen-bond acceptors (Lipinski definition) is 2. The predicted octanol–water partition coefficient (Wildman–Crippen LogP) is 4.64. The summed E-state index contributed by atoms with van der Waals surface area (Å²) in [4.78, 5) is 2.70. The second kappa shape index (κ2) is 5.40. The number of furan rings is 1. The van der Waals surface area contributed by atoms with Crippen LogP contribution in [0.15, 0.2) is 52.0 Å². The third kappa shape index (κ3) is 2.18. The molecule has 4 heteroatoms. The lowest BCUT2D eigenvalue weighted by Crippen LogP contribution is -1.77. The fourth-order valence-electron chi connectivity index (χ4n) is 2.15. The molecule has 0 atom stereocenters. The number of hydrogen-bond donors (Lipinski definition) is 0. The van der Waals surface area contributed by atoms with Crippen LogP contribution in [0.1, 0.15) is 12.0 Å². The van der Waals surface area contributed by atoms with E-state index in [2.05, 4.69) is 21.9 Å². The monoisotopic (exact) mass is 261 g/mol. The second-order valence-electron chi connectivity index (χ2n) is 4.29. The van der Waals surface area contributed by atoms with Crippen LogP contribution in [0.25, 0.3) is 32.4 Å². The van der Waals surface area contributed by atoms with Crippen molar-refractivity contribution in [2.24, 2.45) is 5.11 Å². The van der Waals surface area contributed by atoms with Crippen LogP contribution in [0, 0.1) is 11.8 Å². The van der Waals surface area contributed by atoms with E-state index in [-0.39, 0.29) is 0 Å². The Hall–Kier alpha value is -2.89. The molecule has 20 heavy (non-hydrogen) atoms. The molecule has 1 aromatic heterocycles. The highest BCUT2D eigenvalue weighted by Crippen LogP contribution is 2.30. The molecule has 0 amide bonds. The van der Waals surface area contributed by atoms with Gasteiger partial charge in [-0.05, 0) is 17.7 Å². The molecule has 96 valence electrons. The fourth-order valence-corrected chi connectivity index (χ4v) is 2.15. The Balaban J connectivity index is 2.05. The minimum atomic E-state index is 0.388. The molecule has 0 radical (unpaired) electrons. The average molecular weight is 261 g/mol. The third-order valence-electron chi connectivity index (χ3n) is 3.03. The zero-order valence-electron chi connectivity index (χ0n) is 10.7. The van der Waals surface area contributed by atoms with Crippen LogP contribution >= 0.6 is 0 Å². The van der Waals surface area contributed by atoms with Gasteiger partial charge in [-0.25, -0.2) is 0 Å². The first-order valence-corrected chi connectivity index (χ1v) is 6.30. The van der Waals surface area contributed by atoms with Crippen LogP contribution in [0.3, 0.4) is 0 Å². The average Bonchev–Trinajstić information content (AvgIpc) is 2.87. The molecular formula is C16H11N3O. The predicted molar refractivity (Wildman–Crippen MR) is 79.2 cm³/mol. The van der Waals surface area contributed by atoms with Crippen LogP contribution in [-0.4, -0.2) is 6.54 Å². The smallest absolute Gasteiger partial charge is 0.151 e. The van der Waals surface area contributed by atoms with Gasteiger partial charge in [-0.3, -0.25) is 0 Å². The van der Waals surface area contributed by atoms with Gasteiger partial charge in [-0.2, -0.15) is 0 Å². The molecule has 3 aromatic rings. The first-order chi connectivity index (χ1) is 9.90. The minimum absolute atomic E-state index is 0.388. The largest absolute Gasteiger partial charge is 0.455 e. The molecule has 0 N–H and O–H groups in total. The van der Waals surface area contributed by atoms with Crippen molar-refractivity contribution in [3.63, 3.8) is 0 Å². The number of benzene rings is 2. The molecule has 0 aliphatic heterocycles. The van der Waals surface area contributed by atoms with Crippen molar-refractivity contribution in [2.45, 2.75) is 6.42 Å². The first kappa shape index (κ1) is 12.2. The van der Waals surface area contributed by atoms with Crippen molar-refractivity contribution < 1.29 is 4.42 Å². The lowest BCUT2D eigenvalue weighted by atomic mass is 10.1. The van der Waals surface area contributed by atoms with E-state index in [4.69, 9.17) is 9.95 Å². The minimum Gasteiger partial charge on any atom is -0.455 e. The van der Waals surface area contributed by atoms with Gasteiger partial charge in [0.25, 0.3) is 0 Å². The zero-order valence-corrected chi connectivity index (χ0v) is 10.7. The maximum absolute atomic E-state index is 8.20. The molecule has 0 bridgehead atoms. The topological polar surface area (TPSA) is 61.9 Å². The van der Waals surface area contributed by atoms with E-state index in [9.17, 15) is 0 Å². The maximum atomic E-state index is 8.20. The highest BCUT2D eigenvalue weighted by molar-refractivity contribution is 6.06. The van der Waals surface area contributed by atoms with Gasteiger partial charge in [-0.1, -0.05) is 47.3 Å². The Morgan fingerprint density at radius 2 is 1.95 bits per heavy atom. The zero-order chi connectivity index (χ0) is 13.8. The quantitative estimate of drug-likeness (QED) is 0.218. The standard InChI is InChI=1S/C16H11N3O/c17-19-18-11-4-3-6-12-7-5-9-14-13-8-1-2-10-15(13)20-16(12)14/h1-2,5,7-10H,4,11H2. The van der Waals surface area contributed by atoms with E-state index in [1.807, 2.05) is 42.5 Å². The summed E-state index contributed by atoms with van der Waals surface area (Å²) in [5, 5.41) is 5.62. The van der Waals surface area contributed by atoms with E-state index >= 15 is 0 Å². The number of fused-ring (bicyclic) bond motifs is 3. The summed E-state index contributed by atoms with van der Waals surface area (Å²) >= 11 is 0. The van der Waals surface area contributed by atoms with Crippen molar-refractivity contribution in [3.05, 3.63) is 58.5 Å². The molecule has 3 rings (SSSR count). The van der Waals surface area contributed by atoms with Gasteiger partial charge in [-0.15, -0.1) is 0 Å². The van der Waals surface area contributed by atoms with Crippen molar-refractivity contribution in [2.75, 3.05) is 6.54 Å². The fraction of sp³-hybridized carbons (Fsp3) is 0.125. The molecule has 0 fully saturated rings. The van der Waals surface area contributed by atoms with Crippen molar-refractivity contribution >= 4 is 21.9 Å². The first-order valence-electron chi connectivity index (χ1n) is 6.30. The van der Waals surface area contributed by atoms with Crippen molar-refractivity contribution in [1.82, 2.24) is 0 Å². The van der Waals surface area contributed by atoms with E-state index in [1.54, 1.807) is 0 Å². The molecule has 1 heterocycles. The SMILES string of the molecule is [N-]=[N+]=NCCC#Cc1cccc2c1oc1ccccc12. The van der Waals surface area contributed by atoms with E-state index in [0.717, 1.165) is 27.5 Å². The van der Waals surface area contributed by atoms with Gasteiger partial charge >= 0.3 is 0 Å². The second-order valence-corrected chi connectivity index (χ2v) is 4.29. The summed E-state index contributed by atoms with van der Waals surface area (Å²) in [6.07, 6.45) is 0.542. The lowest BCUT2D eigenvalue weighted by molar-refractivity contribution is 0.668. The molecule has 0 unspecified atom stereocenters.